The van der Waals surface area contributed by atoms with Crippen LogP contribution in [-0.4, -0.2) is 47.6 Å². The Morgan fingerprint density at radius 3 is 2.53 bits per heavy atom. The zero-order chi connectivity index (χ0) is 13.8. The van der Waals surface area contributed by atoms with Crippen molar-refractivity contribution >= 4 is 17.9 Å². The Bertz CT molecular complexity index is 495. The number of carbonyl (C=O) groups is 3. The second-order valence-corrected chi connectivity index (χ2v) is 3.88. The third kappa shape index (κ3) is 3.01. The van der Waals surface area contributed by atoms with Crippen LogP contribution >= 0.6 is 0 Å². The number of rotatable bonds is 5. The van der Waals surface area contributed by atoms with Gasteiger partial charge in [-0.25, -0.2) is 9.59 Å². The predicted octanol–water partition coefficient (Wildman–Crippen LogP) is 0.315. The Hall–Kier alpha value is -2.57. The summed E-state index contributed by atoms with van der Waals surface area (Å²) in [6.07, 6.45) is 0. The first kappa shape index (κ1) is 12.9. The van der Waals surface area contributed by atoms with E-state index in [0.717, 1.165) is 4.90 Å². The van der Waals surface area contributed by atoms with Crippen LogP contribution in [0.25, 0.3) is 0 Å². The second kappa shape index (κ2) is 5.38. The molecule has 0 atom stereocenters. The van der Waals surface area contributed by atoms with Gasteiger partial charge in [-0.3, -0.25) is 9.69 Å². The van der Waals surface area contributed by atoms with Crippen molar-refractivity contribution < 1.29 is 24.2 Å². The van der Waals surface area contributed by atoms with E-state index in [1.54, 1.807) is 0 Å². The van der Waals surface area contributed by atoms with E-state index in [0.29, 0.717) is 5.75 Å². The molecule has 1 fully saturated rings. The molecule has 7 nitrogen and oxygen atoms in total. The quantitative estimate of drug-likeness (QED) is 0.746. The molecule has 0 saturated carbocycles. The lowest BCUT2D eigenvalue weighted by Crippen LogP contribution is -2.34. The van der Waals surface area contributed by atoms with Gasteiger partial charge in [-0.05, 0) is 24.3 Å². The summed E-state index contributed by atoms with van der Waals surface area (Å²) in [5, 5.41) is 11.1. The first-order chi connectivity index (χ1) is 9.08. The Labute approximate surface area is 108 Å². The fourth-order valence-electron chi connectivity index (χ4n) is 1.63. The Morgan fingerprint density at radius 1 is 1.32 bits per heavy atom. The highest BCUT2D eigenvalue weighted by molar-refractivity contribution is 6.01. The van der Waals surface area contributed by atoms with E-state index >= 15 is 0 Å². The predicted molar refractivity (Wildman–Crippen MR) is 64.0 cm³/mol. The summed E-state index contributed by atoms with van der Waals surface area (Å²) in [7, 11) is 0. The van der Waals surface area contributed by atoms with Crippen LogP contribution < -0.4 is 10.1 Å². The number of nitrogens with zero attached hydrogens (tertiary/aromatic N) is 1. The van der Waals surface area contributed by atoms with Crippen LogP contribution in [0.2, 0.25) is 0 Å². The standard InChI is InChI=1S/C12H12N2O5/c15-10-7-13-12(18)14(10)5-6-19-9-3-1-8(2-4-9)11(16)17/h1-4H,5-7H2,(H,13,18)(H,16,17). The molecule has 19 heavy (non-hydrogen) atoms. The van der Waals surface area contributed by atoms with Gasteiger partial charge in [0.15, 0.2) is 0 Å². The van der Waals surface area contributed by atoms with Crippen LogP contribution in [0.5, 0.6) is 5.75 Å². The molecule has 0 aromatic heterocycles. The largest absolute Gasteiger partial charge is 0.492 e. The molecule has 2 rings (SSSR count). The summed E-state index contributed by atoms with van der Waals surface area (Å²) < 4.78 is 5.33. The van der Waals surface area contributed by atoms with Crippen molar-refractivity contribution in [1.29, 1.82) is 0 Å². The minimum absolute atomic E-state index is 0.0200. The number of hydrogen-bond donors (Lipinski definition) is 2. The molecule has 0 radical (unpaired) electrons. The third-order valence-corrected chi connectivity index (χ3v) is 2.62. The van der Waals surface area contributed by atoms with Crippen molar-refractivity contribution in [1.82, 2.24) is 10.2 Å². The lowest BCUT2D eigenvalue weighted by molar-refractivity contribution is -0.125. The van der Waals surface area contributed by atoms with Crippen molar-refractivity contribution in [2.75, 3.05) is 19.7 Å². The highest BCUT2D eigenvalue weighted by atomic mass is 16.5. The zero-order valence-corrected chi connectivity index (χ0v) is 9.96. The van der Waals surface area contributed by atoms with Crippen molar-refractivity contribution in [3.63, 3.8) is 0 Å². The van der Waals surface area contributed by atoms with E-state index in [4.69, 9.17) is 9.84 Å². The van der Waals surface area contributed by atoms with Crippen LogP contribution in [0.15, 0.2) is 24.3 Å². The van der Waals surface area contributed by atoms with Crippen LogP contribution in [-0.2, 0) is 4.79 Å². The summed E-state index contributed by atoms with van der Waals surface area (Å²) in [5.74, 6) is -0.808. The second-order valence-electron chi connectivity index (χ2n) is 3.88. The van der Waals surface area contributed by atoms with Crippen LogP contribution in [0.1, 0.15) is 10.4 Å². The molecule has 1 aromatic carbocycles. The lowest BCUT2D eigenvalue weighted by Gasteiger charge is -2.13. The maximum atomic E-state index is 11.3. The van der Waals surface area contributed by atoms with E-state index < -0.39 is 12.0 Å². The number of nitrogens with one attached hydrogen (secondary N) is 1. The SMILES string of the molecule is O=C(O)c1ccc(OCCN2C(=O)CNC2=O)cc1. The molecule has 3 amide bonds. The molecule has 0 aliphatic carbocycles. The molecule has 1 saturated heterocycles. The molecule has 0 bridgehead atoms. The molecule has 7 heteroatoms. The number of urea groups is 1. The third-order valence-electron chi connectivity index (χ3n) is 2.62. The van der Waals surface area contributed by atoms with Crippen molar-refractivity contribution in [2.45, 2.75) is 0 Å². The average Bonchev–Trinajstić information content (AvgIpc) is 2.71. The topological polar surface area (TPSA) is 95.9 Å². The van der Waals surface area contributed by atoms with Crippen molar-refractivity contribution in [3.8, 4) is 5.75 Å². The molecule has 1 aromatic rings. The van der Waals surface area contributed by atoms with Gasteiger partial charge in [-0.15, -0.1) is 0 Å². The maximum Gasteiger partial charge on any atom is 0.335 e. The van der Waals surface area contributed by atoms with Crippen LogP contribution in [0.3, 0.4) is 0 Å². The number of imide groups is 1. The number of aromatic carboxylic acids is 1. The highest BCUT2D eigenvalue weighted by Gasteiger charge is 2.27. The fraction of sp³-hybridized carbons (Fsp3) is 0.250. The molecule has 0 unspecified atom stereocenters. The van der Waals surface area contributed by atoms with Gasteiger partial charge in [0, 0.05) is 0 Å². The summed E-state index contributed by atoms with van der Waals surface area (Å²) >= 11 is 0. The number of ether oxygens (including phenoxy) is 1. The van der Waals surface area contributed by atoms with Crippen LogP contribution in [0.4, 0.5) is 4.79 Å². The molecule has 1 heterocycles. The van der Waals surface area contributed by atoms with Gasteiger partial charge in [-0.2, -0.15) is 0 Å². The molecule has 2 N–H and O–H groups in total. The monoisotopic (exact) mass is 264 g/mol. The van der Waals surface area contributed by atoms with E-state index in [1.807, 2.05) is 0 Å². The van der Waals surface area contributed by atoms with Gasteiger partial charge < -0.3 is 15.2 Å². The fourth-order valence-corrected chi connectivity index (χ4v) is 1.63. The van der Waals surface area contributed by atoms with Gasteiger partial charge in [-0.1, -0.05) is 0 Å². The number of amides is 3. The van der Waals surface area contributed by atoms with Gasteiger partial charge in [0.05, 0.1) is 18.7 Å². The Kier molecular flexibility index (Phi) is 3.65. The van der Waals surface area contributed by atoms with Gasteiger partial charge >= 0.3 is 12.0 Å². The van der Waals surface area contributed by atoms with Gasteiger partial charge in [0.25, 0.3) is 0 Å². The summed E-state index contributed by atoms with van der Waals surface area (Å²) in [5.41, 5.74) is 0.168. The van der Waals surface area contributed by atoms with Crippen LogP contribution in [0, 0.1) is 0 Å². The van der Waals surface area contributed by atoms with Crippen molar-refractivity contribution in [2.24, 2.45) is 0 Å². The minimum Gasteiger partial charge on any atom is -0.492 e. The Balaban J connectivity index is 1.84. The molecular formula is C12H12N2O5. The smallest absolute Gasteiger partial charge is 0.335 e. The molecule has 100 valence electrons. The molecule has 1 aliphatic heterocycles. The number of carboxylic acids is 1. The first-order valence-electron chi connectivity index (χ1n) is 5.62. The number of hydrogen-bond acceptors (Lipinski definition) is 4. The summed E-state index contributed by atoms with van der Waals surface area (Å²) in [6.45, 7) is 0.336. The van der Waals surface area contributed by atoms with Gasteiger partial charge in [0.1, 0.15) is 12.4 Å². The Morgan fingerprint density at radius 2 is 2.00 bits per heavy atom. The number of carbonyl (C=O) groups excluding carboxylic acids is 2. The number of benzene rings is 1. The van der Waals surface area contributed by atoms with E-state index in [9.17, 15) is 14.4 Å². The summed E-state index contributed by atoms with van der Waals surface area (Å²) in [6, 6.07) is 5.47. The maximum absolute atomic E-state index is 11.3. The molecule has 0 spiro atoms. The van der Waals surface area contributed by atoms with E-state index in [-0.39, 0.29) is 31.2 Å². The van der Waals surface area contributed by atoms with Gasteiger partial charge in [0.2, 0.25) is 5.91 Å². The first-order valence-corrected chi connectivity index (χ1v) is 5.62. The molecule has 1 aliphatic rings. The number of carboxylic acid groups (broad SMARTS) is 1. The normalized spacial score (nSPS) is 14.4. The summed E-state index contributed by atoms with van der Waals surface area (Å²) in [4.78, 5) is 34.2. The minimum atomic E-state index is -1.01. The van der Waals surface area contributed by atoms with E-state index in [2.05, 4.69) is 5.32 Å². The lowest BCUT2D eigenvalue weighted by atomic mass is 10.2. The van der Waals surface area contributed by atoms with E-state index in [1.165, 1.54) is 24.3 Å². The van der Waals surface area contributed by atoms with Crippen molar-refractivity contribution in [3.05, 3.63) is 29.8 Å². The highest BCUT2D eigenvalue weighted by Crippen LogP contribution is 2.12. The average molecular weight is 264 g/mol. The zero-order valence-electron chi connectivity index (χ0n) is 9.96. The molecular weight excluding hydrogens is 252 g/mol.